The van der Waals surface area contributed by atoms with Gasteiger partial charge in [-0.05, 0) is 33.7 Å². The first-order valence-electron chi connectivity index (χ1n) is 6.09. The molecular formula is C12H26N2O. The predicted molar refractivity (Wildman–Crippen MR) is 64.1 cm³/mol. The van der Waals surface area contributed by atoms with Gasteiger partial charge >= 0.3 is 0 Å². The monoisotopic (exact) mass is 214 g/mol. The van der Waals surface area contributed by atoms with Crippen molar-refractivity contribution in [1.82, 2.24) is 10.6 Å². The van der Waals surface area contributed by atoms with Crippen molar-refractivity contribution < 1.29 is 4.74 Å². The fraction of sp³-hybridized carbons (Fsp3) is 1.00. The summed E-state index contributed by atoms with van der Waals surface area (Å²) in [5.41, 5.74) is 0. The van der Waals surface area contributed by atoms with Crippen molar-refractivity contribution >= 4 is 0 Å². The van der Waals surface area contributed by atoms with E-state index in [4.69, 9.17) is 4.74 Å². The highest BCUT2D eigenvalue weighted by molar-refractivity contribution is 4.85. The molecule has 1 aliphatic rings. The van der Waals surface area contributed by atoms with E-state index in [1.165, 1.54) is 0 Å². The largest absolute Gasteiger partial charge is 0.375 e. The van der Waals surface area contributed by atoms with Crippen molar-refractivity contribution in [3.05, 3.63) is 0 Å². The first kappa shape index (κ1) is 12.9. The molecule has 2 N–H and O–H groups in total. The zero-order chi connectivity index (χ0) is 11.4. The van der Waals surface area contributed by atoms with Crippen LogP contribution in [0, 0.1) is 11.8 Å². The zero-order valence-electron chi connectivity index (χ0n) is 10.7. The second-order valence-electron chi connectivity index (χ2n) is 4.94. The first-order chi connectivity index (χ1) is 7.06. The Morgan fingerprint density at radius 1 is 1.20 bits per heavy atom. The lowest BCUT2D eigenvalue weighted by atomic mass is 9.89. The molecule has 0 spiro atoms. The second kappa shape index (κ2) is 5.83. The van der Waals surface area contributed by atoms with Crippen LogP contribution in [0.3, 0.4) is 0 Å². The molecule has 0 radical (unpaired) electrons. The standard InChI is InChI=1S/C12H26N2O/c1-8(6-13-5)14-7-12-9(2)10(3)15-11(12)4/h8-14H,6-7H2,1-5H3. The Balaban J connectivity index is 2.31. The Bertz CT molecular complexity index is 186. The highest BCUT2D eigenvalue weighted by Crippen LogP contribution is 2.31. The van der Waals surface area contributed by atoms with Gasteiger partial charge in [-0.1, -0.05) is 6.92 Å². The van der Waals surface area contributed by atoms with Crippen LogP contribution < -0.4 is 10.6 Å². The van der Waals surface area contributed by atoms with Gasteiger partial charge in [0.05, 0.1) is 12.2 Å². The third kappa shape index (κ3) is 3.44. The van der Waals surface area contributed by atoms with Gasteiger partial charge in [-0.15, -0.1) is 0 Å². The molecule has 1 fully saturated rings. The van der Waals surface area contributed by atoms with Crippen LogP contribution in [0.15, 0.2) is 0 Å². The summed E-state index contributed by atoms with van der Waals surface area (Å²) in [6.07, 6.45) is 0.802. The van der Waals surface area contributed by atoms with Gasteiger partial charge in [0.25, 0.3) is 0 Å². The summed E-state index contributed by atoms with van der Waals surface area (Å²) in [5, 5.41) is 6.74. The lowest BCUT2D eigenvalue weighted by Crippen LogP contribution is -2.40. The summed E-state index contributed by atoms with van der Waals surface area (Å²) in [6.45, 7) is 11.0. The lowest BCUT2D eigenvalue weighted by Gasteiger charge is -2.22. The number of nitrogens with one attached hydrogen (secondary N) is 2. The van der Waals surface area contributed by atoms with Gasteiger partial charge in [-0.3, -0.25) is 0 Å². The maximum Gasteiger partial charge on any atom is 0.0594 e. The number of ether oxygens (including phenoxy) is 1. The van der Waals surface area contributed by atoms with E-state index in [0.29, 0.717) is 30.1 Å². The minimum Gasteiger partial charge on any atom is -0.375 e. The highest BCUT2D eigenvalue weighted by atomic mass is 16.5. The van der Waals surface area contributed by atoms with Crippen LogP contribution in [-0.4, -0.2) is 38.4 Å². The van der Waals surface area contributed by atoms with E-state index in [2.05, 4.69) is 38.3 Å². The molecule has 1 rings (SSSR count). The quantitative estimate of drug-likeness (QED) is 0.722. The molecule has 0 bridgehead atoms. The minimum absolute atomic E-state index is 0.393. The maximum absolute atomic E-state index is 5.82. The van der Waals surface area contributed by atoms with E-state index in [1.807, 2.05) is 7.05 Å². The second-order valence-corrected chi connectivity index (χ2v) is 4.94. The SMILES string of the molecule is CNCC(C)NCC1C(C)OC(C)C1C. The molecule has 3 heteroatoms. The van der Waals surface area contributed by atoms with Gasteiger partial charge in [-0.2, -0.15) is 0 Å². The van der Waals surface area contributed by atoms with E-state index in [0.717, 1.165) is 13.1 Å². The van der Waals surface area contributed by atoms with Crippen LogP contribution in [0.5, 0.6) is 0 Å². The van der Waals surface area contributed by atoms with Crippen molar-refractivity contribution in [2.75, 3.05) is 20.1 Å². The molecule has 90 valence electrons. The molecule has 0 aromatic rings. The van der Waals surface area contributed by atoms with E-state index >= 15 is 0 Å². The molecule has 0 amide bonds. The van der Waals surface area contributed by atoms with Crippen LogP contribution in [0.1, 0.15) is 27.7 Å². The number of likely N-dealkylation sites (N-methyl/N-ethyl adjacent to an activating group) is 1. The number of hydrogen-bond acceptors (Lipinski definition) is 3. The van der Waals surface area contributed by atoms with Gasteiger partial charge in [0.1, 0.15) is 0 Å². The average molecular weight is 214 g/mol. The van der Waals surface area contributed by atoms with Gasteiger partial charge in [0, 0.05) is 25.0 Å². The van der Waals surface area contributed by atoms with Crippen LogP contribution in [0.2, 0.25) is 0 Å². The summed E-state index contributed by atoms with van der Waals surface area (Å²) in [7, 11) is 1.99. The third-order valence-electron chi connectivity index (χ3n) is 3.66. The van der Waals surface area contributed by atoms with Crippen molar-refractivity contribution in [2.45, 2.75) is 45.9 Å². The first-order valence-corrected chi connectivity index (χ1v) is 6.09. The van der Waals surface area contributed by atoms with Gasteiger partial charge in [-0.25, -0.2) is 0 Å². The van der Waals surface area contributed by atoms with E-state index in [1.54, 1.807) is 0 Å². The van der Waals surface area contributed by atoms with Crippen molar-refractivity contribution in [3.8, 4) is 0 Å². The molecule has 1 heterocycles. The van der Waals surface area contributed by atoms with Gasteiger partial charge < -0.3 is 15.4 Å². The van der Waals surface area contributed by atoms with Crippen LogP contribution in [0.25, 0.3) is 0 Å². The fourth-order valence-electron chi connectivity index (χ4n) is 2.41. The van der Waals surface area contributed by atoms with Gasteiger partial charge in [0.2, 0.25) is 0 Å². The fourth-order valence-corrected chi connectivity index (χ4v) is 2.41. The molecule has 0 aromatic heterocycles. The Hall–Kier alpha value is -0.120. The Kier molecular flexibility index (Phi) is 5.03. The molecule has 0 saturated carbocycles. The summed E-state index contributed by atoms with van der Waals surface area (Å²) >= 11 is 0. The summed E-state index contributed by atoms with van der Waals surface area (Å²) in [6, 6.07) is 0.533. The molecule has 15 heavy (non-hydrogen) atoms. The molecular weight excluding hydrogens is 188 g/mol. The predicted octanol–water partition coefficient (Wildman–Crippen LogP) is 1.24. The average Bonchev–Trinajstić information content (AvgIpc) is 2.40. The normalized spacial score (nSPS) is 38.2. The van der Waals surface area contributed by atoms with Crippen molar-refractivity contribution in [1.29, 1.82) is 0 Å². The molecule has 5 unspecified atom stereocenters. The zero-order valence-corrected chi connectivity index (χ0v) is 10.7. The molecule has 5 atom stereocenters. The smallest absolute Gasteiger partial charge is 0.0594 e. The van der Waals surface area contributed by atoms with E-state index in [-0.39, 0.29) is 0 Å². The molecule has 1 saturated heterocycles. The van der Waals surface area contributed by atoms with E-state index < -0.39 is 0 Å². The van der Waals surface area contributed by atoms with Crippen molar-refractivity contribution in [2.24, 2.45) is 11.8 Å². The molecule has 3 nitrogen and oxygen atoms in total. The Labute approximate surface area is 94.0 Å². The molecule has 0 aromatic carbocycles. The van der Waals surface area contributed by atoms with Gasteiger partial charge in [0.15, 0.2) is 0 Å². The number of hydrogen-bond donors (Lipinski definition) is 2. The van der Waals surface area contributed by atoms with Crippen LogP contribution >= 0.6 is 0 Å². The minimum atomic E-state index is 0.393. The lowest BCUT2D eigenvalue weighted by molar-refractivity contribution is 0.0510. The molecule has 1 aliphatic heterocycles. The topological polar surface area (TPSA) is 33.3 Å². The summed E-state index contributed by atoms with van der Waals surface area (Å²) < 4.78 is 5.82. The van der Waals surface area contributed by atoms with Crippen LogP contribution in [-0.2, 0) is 4.74 Å². The summed E-state index contributed by atoms with van der Waals surface area (Å²) in [5.74, 6) is 1.31. The Morgan fingerprint density at radius 3 is 2.33 bits per heavy atom. The number of rotatable bonds is 5. The van der Waals surface area contributed by atoms with E-state index in [9.17, 15) is 0 Å². The molecule has 0 aliphatic carbocycles. The third-order valence-corrected chi connectivity index (χ3v) is 3.66. The van der Waals surface area contributed by atoms with Crippen molar-refractivity contribution in [3.63, 3.8) is 0 Å². The highest BCUT2D eigenvalue weighted by Gasteiger charge is 2.36. The van der Waals surface area contributed by atoms with Crippen LogP contribution in [0.4, 0.5) is 0 Å². The maximum atomic E-state index is 5.82. The Morgan fingerprint density at radius 2 is 1.87 bits per heavy atom. The summed E-state index contributed by atoms with van der Waals surface area (Å²) in [4.78, 5) is 0.